The van der Waals surface area contributed by atoms with Gasteiger partial charge in [-0.2, -0.15) is 0 Å². The molecular formula is C22H20FN5O3. The van der Waals surface area contributed by atoms with Gasteiger partial charge < -0.3 is 14.8 Å². The van der Waals surface area contributed by atoms with Crippen LogP contribution in [-0.2, 0) is 18.4 Å². The van der Waals surface area contributed by atoms with Crippen LogP contribution < -0.4 is 10.6 Å². The number of rotatable bonds is 6. The largest absolute Gasteiger partial charge is 0.334 e. The zero-order valence-electron chi connectivity index (χ0n) is 16.7. The number of hydrogen-bond acceptors (Lipinski definition) is 4. The van der Waals surface area contributed by atoms with Gasteiger partial charge in [-0.25, -0.2) is 14.2 Å². The first-order chi connectivity index (χ1) is 15.0. The zero-order chi connectivity index (χ0) is 22.0. The number of aryl methyl sites for hydroxylation is 1. The van der Waals surface area contributed by atoms with Gasteiger partial charge in [0, 0.05) is 25.7 Å². The van der Waals surface area contributed by atoms with Gasteiger partial charge in [-0.1, -0.05) is 30.3 Å². The highest BCUT2D eigenvalue weighted by atomic mass is 19.1. The van der Waals surface area contributed by atoms with Crippen LogP contribution in [-0.4, -0.2) is 39.3 Å². The fourth-order valence-electron chi connectivity index (χ4n) is 3.71. The Hall–Kier alpha value is -4.01. The van der Waals surface area contributed by atoms with Gasteiger partial charge in [-0.3, -0.25) is 14.9 Å². The average molecular weight is 421 g/mol. The first-order valence-electron chi connectivity index (χ1n) is 9.61. The SMILES string of the molecule is Cn1cncc1-c1ccc([C@H](CN2Cc3ccc(F)cc3C2=O)NC(=O)NC=O)cc1. The van der Waals surface area contributed by atoms with Crippen molar-refractivity contribution in [2.75, 3.05) is 6.54 Å². The molecule has 0 radical (unpaired) electrons. The molecular weight excluding hydrogens is 401 g/mol. The molecule has 0 unspecified atom stereocenters. The third-order valence-electron chi connectivity index (χ3n) is 5.27. The van der Waals surface area contributed by atoms with E-state index in [-0.39, 0.29) is 18.9 Å². The highest BCUT2D eigenvalue weighted by Crippen LogP contribution is 2.27. The molecule has 0 aliphatic carbocycles. The summed E-state index contributed by atoms with van der Waals surface area (Å²) in [6, 6.07) is 10.4. The molecule has 1 aromatic heterocycles. The third kappa shape index (κ3) is 4.16. The Kier molecular flexibility index (Phi) is 5.48. The summed E-state index contributed by atoms with van der Waals surface area (Å²) in [4.78, 5) is 41.1. The molecule has 4 rings (SSSR count). The van der Waals surface area contributed by atoms with Crippen molar-refractivity contribution in [1.29, 1.82) is 0 Å². The molecule has 1 atom stereocenters. The molecule has 0 fully saturated rings. The summed E-state index contributed by atoms with van der Waals surface area (Å²) in [5, 5.41) is 4.77. The number of amides is 4. The Labute approximate surface area is 177 Å². The Morgan fingerprint density at radius 2 is 2.03 bits per heavy atom. The van der Waals surface area contributed by atoms with E-state index in [1.54, 1.807) is 23.5 Å². The van der Waals surface area contributed by atoms with E-state index in [1.165, 1.54) is 12.1 Å². The lowest BCUT2D eigenvalue weighted by molar-refractivity contribution is -0.108. The smallest absolute Gasteiger partial charge is 0.321 e. The minimum Gasteiger partial charge on any atom is -0.334 e. The number of fused-ring (bicyclic) bond motifs is 1. The van der Waals surface area contributed by atoms with E-state index in [2.05, 4.69) is 15.6 Å². The summed E-state index contributed by atoms with van der Waals surface area (Å²) in [6.07, 6.45) is 3.75. The number of carbonyl (C=O) groups is 3. The van der Waals surface area contributed by atoms with Crippen molar-refractivity contribution in [2.45, 2.75) is 12.6 Å². The molecule has 1 aliphatic heterocycles. The molecule has 4 amide bonds. The minimum atomic E-state index is -0.675. The summed E-state index contributed by atoms with van der Waals surface area (Å²) in [7, 11) is 1.89. The maximum atomic E-state index is 13.6. The quantitative estimate of drug-likeness (QED) is 0.598. The zero-order valence-corrected chi connectivity index (χ0v) is 16.7. The Bertz CT molecular complexity index is 1140. The summed E-state index contributed by atoms with van der Waals surface area (Å²) in [5.74, 6) is -0.775. The monoisotopic (exact) mass is 421 g/mol. The summed E-state index contributed by atoms with van der Waals surface area (Å²) in [6.45, 7) is 0.474. The molecule has 0 spiro atoms. The van der Waals surface area contributed by atoms with Gasteiger partial charge in [0.2, 0.25) is 6.41 Å². The van der Waals surface area contributed by atoms with Crippen LogP contribution in [0.15, 0.2) is 55.0 Å². The first kappa shape index (κ1) is 20.3. The molecule has 1 aliphatic rings. The number of nitrogens with zero attached hydrogens (tertiary/aromatic N) is 3. The molecule has 0 saturated heterocycles. The third-order valence-corrected chi connectivity index (χ3v) is 5.27. The van der Waals surface area contributed by atoms with E-state index < -0.39 is 17.9 Å². The number of imidazole rings is 1. The molecule has 9 heteroatoms. The lowest BCUT2D eigenvalue weighted by Crippen LogP contribution is -2.42. The van der Waals surface area contributed by atoms with Crippen molar-refractivity contribution in [3.05, 3.63) is 77.5 Å². The van der Waals surface area contributed by atoms with Crippen molar-refractivity contribution in [2.24, 2.45) is 7.05 Å². The van der Waals surface area contributed by atoms with E-state index in [0.717, 1.165) is 22.4 Å². The van der Waals surface area contributed by atoms with Crippen LogP contribution in [0.2, 0.25) is 0 Å². The number of benzene rings is 2. The van der Waals surface area contributed by atoms with Crippen LogP contribution in [0, 0.1) is 5.82 Å². The standard InChI is InChI=1S/C22H20FN5O3/c1-27-12-24-9-20(27)15-4-2-14(3-5-15)19(26-22(31)25-13-29)11-28-10-16-6-7-17(23)8-18(16)21(28)30/h2-9,12-13,19H,10-11H2,1H3,(H2,25,26,29,31)/t19-/m0/s1. The number of halogens is 1. The van der Waals surface area contributed by atoms with Crippen LogP contribution in [0.25, 0.3) is 11.3 Å². The van der Waals surface area contributed by atoms with Gasteiger partial charge >= 0.3 is 6.03 Å². The van der Waals surface area contributed by atoms with Gasteiger partial charge in [0.15, 0.2) is 0 Å². The molecule has 0 bridgehead atoms. The minimum absolute atomic E-state index is 0.159. The number of hydrogen-bond donors (Lipinski definition) is 2. The lowest BCUT2D eigenvalue weighted by atomic mass is 10.0. The molecule has 158 valence electrons. The van der Waals surface area contributed by atoms with Crippen LogP contribution in [0.4, 0.5) is 9.18 Å². The van der Waals surface area contributed by atoms with Gasteiger partial charge in [-0.05, 0) is 28.8 Å². The van der Waals surface area contributed by atoms with Crippen LogP contribution in [0.1, 0.15) is 27.5 Å². The van der Waals surface area contributed by atoms with Crippen molar-refractivity contribution in [3.8, 4) is 11.3 Å². The predicted molar refractivity (Wildman–Crippen MR) is 110 cm³/mol. The molecule has 2 aromatic carbocycles. The van der Waals surface area contributed by atoms with Crippen LogP contribution in [0.3, 0.4) is 0 Å². The highest BCUT2D eigenvalue weighted by Gasteiger charge is 2.30. The normalized spacial score (nSPS) is 13.6. The fraction of sp³-hybridized carbons (Fsp3) is 0.182. The summed E-state index contributed by atoms with van der Waals surface area (Å²) in [5.41, 5.74) is 3.68. The van der Waals surface area contributed by atoms with Crippen molar-refractivity contribution in [3.63, 3.8) is 0 Å². The van der Waals surface area contributed by atoms with E-state index >= 15 is 0 Å². The van der Waals surface area contributed by atoms with Crippen molar-refractivity contribution >= 4 is 18.3 Å². The number of urea groups is 1. The van der Waals surface area contributed by atoms with Crippen molar-refractivity contribution < 1.29 is 18.8 Å². The van der Waals surface area contributed by atoms with E-state index in [9.17, 15) is 18.8 Å². The van der Waals surface area contributed by atoms with Gasteiger partial charge in [-0.15, -0.1) is 0 Å². The topological polar surface area (TPSA) is 96.3 Å². The molecule has 31 heavy (non-hydrogen) atoms. The molecule has 3 aromatic rings. The maximum Gasteiger partial charge on any atom is 0.321 e. The Balaban J connectivity index is 1.58. The fourth-order valence-corrected chi connectivity index (χ4v) is 3.71. The second-order valence-electron chi connectivity index (χ2n) is 7.29. The molecule has 2 N–H and O–H groups in total. The van der Waals surface area contributed by atoms with Gasteiger partial charge in [0.05, 0.1) is 24.3 Å². The molecule has 2 heterocycles. The predicted octanol–water partition coefficient (Wildman–Crippen LogP) is 2.38. The van der Waals surface area contributed by atoms with E-state index in [0.29, 0.717) is 12.1 Å². The number of imide groups is 1. The van der Waals surface area contributed by atoms with Crippen LogP contribution >= 0.6 is 0 Å². The number of carbonyl (C=O) groups excluding carboxylic acids is 3. The second-order valence-corrected chi connectivity index (χ2v) is 7.29. The maximum absolute atomic E-state index is 13.6. The first-order valence-corrected chi connectivity index (χ1v) is 9.61. The Morgan fingerprint density at radius 3 is 2.71 bits per heavy atom. The van der Waals surface area contributed by atoms with Gasteiger partial charge in [0.1, 0.15) is 5.82 Å². The number of nitrogens with one attached hydrogen (secondary N) is 2. The number of aromatic nitrogens is 2. The van der Waals surface area contributed by atoms with E-state index in [1.807, 2.05) is 35.9 Å². The highest BCUT2D eigenvalue weighted by molar-refractivity contribution is 5.98. The molecule has 0 saturated carbocycles. The van der Waals surface area contributed by atoms with E-state index in [4.69, 9.17) is 0 Å². The Morgan fingerprint density at radius 1 is 1.26 bits per heavy atom. The second kappa shape index (κ2) is 8.39. The van der Waals surface area contributed by atoms with Crippen LogP contribution in [0.5, 0.6) is 0 Å². The average Bonchev–Trinajstić information content (AvgIpc) is 3.31. The lowest BCUT2D eigenvalue weighted by Gasteiger charge is -2.25. The summed E-state index contributed by atoms with van der Waals surface area (Å²) < 4.78 is 15.4. The molecule has 8 nitrogen and oxygen atoms in total. The van der Waals surface area contributed by atoms with Gasteiger partial charge in [0.25, 0.3) is 5.91 Å². The van der Waals surface area contributed by atoms with Crippen molar-refractivity contribution in [1.82, 2.24) is 25.1 Å². The summed E-state index contributed by atoms with van der Waals surface area (Å²) >= 11 is 0.